The molecule has 1 saturated carbocycles. The van der Waals surface area contributed by atoms with Gasteiger partial charge in [0.25, 0.3) is 0 Å². The Morgan fingerprint density at radius 1 is 1.14 bits per heavy atom. The van der Waals surface area contributed by atoms with Crippen LogP contribution in [0, 0.1) is 12.8 Å². The zero-order valence-corrected chi connectivity index (χ0v) is 13.8. The van der Waals surface area contributed by atoms with E-state index in [1.54, 1.807) is 0 Å². The fourth-order valence-corrected chi connectivity index (χ4v) is 2.47. The third-order valence-corrected chi connectivity index (χ3v) is 3.93. The van der Waals surface area contributed by atoms with Gasteiger partial charge in [0.1, 0.15) is 17.5 Å². The molecule has 0 aliphatic heterocycles. The first-order valence-electron chi connectivity index (χ1n) is 7.86. The van der Waals surface area contributed by atoms with E-state index in [2.05, 4.69) is 43.3 Å². The van der Waals surface area contributed by atoms with Crippen molar-refractivity contribution in [3.8, 4) is 0 Å². The normalized spacial score (nSPS) is 21.8. The second-order valence-corrected chi connectivity index (χ2v) is 7.02. The number of aliphatic hydroxyl groups excluding tert-OH is 1. The van der Waals surface area contributed by atoms with Crippen LogP contribution in [0.25, 0.3) is 0 Å². The molecule has 5 nitrogen and oxygen atoms in total. The van der Waals surface area contributed by atoms with Crippen molar-refractivity contribution in [2.45, 2.75) is 59.0 Å². The maximum atomic E-state index is 9.37. The first-order chi connectivity index (χ1) is 9.81. The molecule has 1 aliphatic carbocycles. The molecule has 0 bridgehead atoms. The number of aliphatic hydroxyl groups is 1. The first-order valence-corrected chi connectivity index (χ1v) is 7.86. The maximum Gasteiger partial charge on any atom is 0.138 e. The van der Waals surface area contributed by atoms with Gasteiger partial charge in [0.15, 0.2) is 0 Å². The SMILES string of the molecule is CCNc1nc(C(C)(C)C)nc(NCC2CC(O)C2)c1C. The summed E-state index contributed by atoms with van der Waals surface area (Å²) in [5.41, 5.74) is 0.978. The van der Waals surface area contributed by atoms with E-state index in [1.807, 2.05) is 6.92 Å². The highest BCUT2D eigenvalue weighted by Gasteiger charge is 2.27. The van der Waals surface area contributed by atoms with Crippen LogP contribution < -0.4 is 10.6 Å². The van der Waals surface area contributed by atoms with Crippen molar-refractivity contribution < 1.29 is 5.11 Å². The van der Waals surface area contributed by atoms with Crippen LogP contribution in [0.4, 0.5) is 11.6 Å². The summed E-state index contributed by atoms with van der Waals surface area (Å²) >= 11 is 0. The number of rotatable bonds is 5. The van der Waals surface area contributed by atoms with Crippen molar-refractivity contribution in [2.75, 3.05) is 23.7 Å². The molecule has 0 saturated heterocycles. The molecule has 21 heavy (non-hydrogen) atoms. The molecule has 118 valence electrons. The van der Waals surface area contributed by atoms with Gasteiger partial charge in [0.05, 0.1) is 6.10 Å². The Hall–Kier alpha value is -1.36. The van der Waals surface area contributed by atoms with Crippen molar-refractivity contribution in [1.29, 1.82) is 0 Å². The number of hydrogen-bond donors (Lipinski definition) is 3. The zero-order chi connectivity index (χ0) is 15.6. The summed E-state index contributed by atoms with van der Waals surface area (Å²) in [6.07, 6.45) is 1.68. The summed E-state index contributed by atoms with van der Waals surface area (Å²) in [5, 5.41) is 16.1. The molecule has 1 aromatic heterocycles. The van der Waals surface area contributed by atoms with Crippen LogP contribution in [0.3, 0.4) is 0 Å². The molecule has 1 aliphatic rings. The first kappa shape index (κ1) is 16.0. The van der Waals surface area contributed by atoms with Gasteiger partial charge in [-0.1, -0.05) is 20.8 Å². The van der Waals surface area contributed by atoms with Crippen LogP contribution in [0.2, 0.25) is 0 Å². The second kappa shape index (κ2) is 6.18. The fraction of sp³-hybridized carbons (Fsp3) is 0.750. The van der Waals surface area contributed by atoms with Crippen molar-refractivity contribution in [3.63, 3.8) is 0 Å². The van der Waals surface area contributed by atoms with Crippen LogP contribution in [0.15, 0.2) is 0 Å². The minimum Gasteiger partial charge on any atom is -0.393 e. The van der Waals surface area contributed by atoms with Gasteiger partial charge in [0, 0.05) is 24.1 Å². The van der Waals surface area contributed by atoms with E-state index in [4.69, 9.17) is 4.98 Å². The Balaban J connectivity index is 2.19. The van der Waals surface area contributed by atoms with Crippen LogP contribution in [0.1, 0.15) is 51.9 Å². The number of nitrogens with one attached hydrogen (secondary N) is 2. The summed E-state index contributed by atoms with van der Waals surface area (Å²) in [5.74, 6) is 3.22. The molecule has 1 fully saturated rings. The molecule has 0 atom stereocenters. The van der Waals surface area contributed by atoms with E-state index in [0.717, 1.165) is 49.0 Å². The Morgan fingerprint density at radius 3 is 2.19 bits per heavy atom. The molecular weight excluding hydrogens is 264 g/mol. The van der Waals surface area contributed by atoms with Gasteiger partial charge in [-0.25, -0.2) is 9.97 Å². The molecule has 0 unspecified atom stereocenters. The lowest BCUT2D eigenvalue weighted by Gasteiger charge is -2.32. The van der Waals surface area contributed by atoms with Crippen LogP contribution in [-0.2, 0) is 5.41 Å². The standard InChI is InChI=1S/C16H28N4O/c1-6-17-13-10(2)14(18-9-11-7-12(21)8-11)20-15(19-13)16(3,4)5/h11-12,21H,6-9H2,1-5H3,(H2,17,18,19,20). The van der Waals surface area contributed by atoms with Crippen molar-refractivity contribution in [3.05, 3.63) is 11.4 Å². The Labute approximate surface area is 127 Å². The van der Waals surface area contributed by atoms with E-state index in [1.165, 1.54) is 0 Å². The van der Waals surface area contributed by atoms with Crippen molar-refractivity contribution >= 4 is 11.6 Å². The molecular formula is C16H28N4O. The highest BCUT2D eigenvalue weighted by atomic mass is 16.3. The Bertz CT molecular complexity index is 490. The van der Waals surface area contributed by atoms with E-state index in [0.29, 0.717) is 5.92 Å². The quantitative estimate of drug-likeness (QED) is 0.778. The summed E-state index contributed by atoms with van der Waals surface area (Å²) in [6, 6.07) is 0. The Kier molecular flexibility index (Phi) is 4.71. The van der Waals surface area contributed by atoms with E-state index >= 15 is 0 Å². The lowest BCUT2D eigenvalue weighted by atomic mass is 9.82. The maximum absolute atomic E-state index is 9.37. The number of hydrogen-bond acceptors (Lipinski definition) is 5. The highest BCUT2D eigenvalue weighted by Crippen LogP contribution is 2.29. The van der Waals surface area contributed by atoms with Gasteiger partial charge in [-0.2, -0.15) is 0 Å². The molecule has 0 spiro atoms. The topological polar surface area (TPSA) is 70.1 Å². The number of anilines is 2. The van der Waals surface area contributed by atoms with E-state index in [9.17, 15) is 5.11 Å². The fourth-order valence-electron chi connectivity index (χ4n) is 2.47. The summed E-state index contributed by atoms with van der Waals surface area (Å²) in [6.45, 7) is 12.2. The third kappa shape index (κ3) is 3.84. The smallest absolute Gasteiger partial charge is 0.138 e. The van der Waals surface area contributed by atoms with Crippen LogP contribution in [0.5, 0.6) is 0 Å². The van der Waals surface area contributed by atoms with E-state index < -0.39 is 0 Å². The highest BCUT2D eigenvalue weighted by molar-refractivity contribution is 5.57. The van der Waals surface area contributed by atoms with Gasteiger partial charge >= 0.3 is 0 Å². The molecule has 5 heteroatoms. The minimum atomic E-state index is -0.106. The third-order valence-electron chi connectivity index (χ3n) is 3.93. The van der Waals surface area contributed by atoms with Gasteiger partial charge in [-0.15, -0.1) is 0 Å². The van der Waals surface area contributed by atoms with Crippen LogP contribution in [-0.4, -0.2) is 34.3 Å². The largest absolute Gasteiger partial charge is 0.393 e. The van der Waals surface area contributed by atoms with Gasteiger partial charge < -0.3 is 15.7 Å². The van der Waals surface area contributed by atoms with Crippen LogP contribution >= 0.6 is 0 Å². The van der Waals surface area contributed by atoms with Crippen molar-refractivity contribution in [2.24, 2.45) is 5.92 Å². The minimum absolute atomic E-state index is 0.0824. The Morgan fingerprint density at radius 2 is 1.71 bits per heavy atom. The average molecular weight is 292 g/mol. The van der Waals surface area contributed by atoms with E-state index in [-0.39, 0.29) is 11.5 Å². The second-order valence-electron chi connectivity index (χ2n) is 7.02. The molecule has 0 aromatic carbocycles. The summed E-state index contributed by atoms with van der Waals surface area (Å²) in [4.78, 5) is 9.38. The molecule has 0 amide bonds. The van der Waals surface area contributed by atoms with Gasteiger partial charge in [0.2, 0.25) is 0 Å². The predicted molar refractivity (Wildman–Crippen MR) is 86.9 cm³/mol. The molecule has 2 rings (SSSR count). The lowest BCUT2D eigenvalue weighted by molar-refractivity contribution is 0.0486. The average Bonchev–Trinajstić information content (AvgIpc) is 2.35. The van der Waals surface area contributed by atoms with Gasteiger partial charge in [-0.05, 0) is 32.6 Å². The predicted octanol–water partition coefficient (Wildman–Crippen LogP) is 2.70. The zero-order valence-electron chi connectivity index (χ0n) is 13.8. The molecule has 0 radical (unpaired) electrons. The van der Waals surface area contributed by atoms with Crippen molar-refractivity contribution in [1.82, 2.24) is 9.97 Å². The molecule has 3 N–H and O–H groups in total. The lowest BCUT2D eigenvalue weighted by Crippen LogP contribution is -2.33. The number of aromatic nitrogens is 2. The molecule has 1 heterocycles. The monoisotopic (exact) mass is 292 g/mol. The van der Waals surface area contributed by atoms with Gasteiger partial charge in [-0.3, -0.25) is 0 Å². The number of nitrogens with zero attached hydrogens (tertiary/aromatic N) is 2. The molecule has 1 aromatic rings. The summed E-state index contributed by atoms with van der Waals surface area (Å²) < 4.78 is 0. The summed E-state index contributed by atoms with van der Waals surface area (Å²) in [7, 11) is 0.